The Morgan fingerprint density at radius 1 is 1.50 bits per heavy atom. The summed E-state index contributed by atoms with van der Waals surface area (Å²) >= 11 is 0. The van der Waals surface area contributed by atoms with Crippen molar-refractivity contribution >= 4 is 5.82 Å². The van der Waals surface area contributed by atoms with Gasteiger partial charge in [-0.15, -0.1) is 0 Å². The molecule has 0 fully saturated rings. The molecule has 3 N–H and O–H groups in total. The molecule has 0 radical (unpaired) electrons. The first-order valence-electron chi connectivity index (χ1n) is 5.09. The van der Waals surface area contributed by atoms with Crippen LogP contribution < -0.4 is 11.3 Å². The maximum atomic E-state index is 5.35. The van der Waals surface area contributed by atoms with Gasteiger partial charge in [-0.1, -0.05) is 12.1 Å². The lowest BCUT2D eigenvalue weighted by Gasteiger charge is -2.01. The van der Waals surface area contributed by atoms with Crippen LogP contribution in [-0.2, 0) is 6.42 Å². The van der Waals surface area contributed by atoms with Crippen molar-refractivity contribution in [3.05, 3.63) is 24.2 Å². The van der Waals surface area contributed by atoms with Crippen LogP contribution in [0.1, 0.15) is 19.2 Å². The van der Waals surface area contributed by atoms with Gasteiger partial charge in [0.25, 0.3) is 5.89 Å². The molecule has 0 aliphatic heterocycles. The molecular formula is C10H13N5O. The maximum absolute atomic E-state index is 5.35. The average Bonchev–Trinajstić information content (AvgIpc) is 2.78. The molecule has 2 rings (SSSR count). The monoisotopic (exact) mass is 219 g/mol. The van der Waals surface area contributed by atoms with Crippen LogP contribution in [-0.4, -0.2) is 15.1 Å². The number of hydrogen-bond donors (Lipinski definition) is 2. The molecule has 2 heterocycles. The summed E-state index contributed by atoms with van der Waals surface area (Å²) < 4.78 is 5.15. The molecule has 0 aromatic carbocycles. The number of nitrogens with two attached hydrogens (primary N) is 1. The van der Waals surface area contributed by atoms with Crippen molar-refractivity contribution in [3.8, 4) is 11.5 Å². The number of aromatic nitrogens is 3. The van der Waals surface area contributed by atoms with Gasteiger partial charge < -0.3 is 9.95 Å². The van der Waals surface area contributed by atoms with E-state index in [2.05, 4.69) is 27.5 Å². The fourth-order valence-electron chi connectivity index (χ4n) is 1.38. The lowest BCUT2D eigenvalue weighted by Crippen LogP contribution is -2.09. The molecule has 2 aromatic rings. The quantitative estimate of drug-likeness (QED) is 0.596. The van der Waals surface area contributed by atoms with E-state index in [1.165, 1.54) is 0 Å². The maximum Gasteiger partial charge on any atom is 0.261 e. The van der Waals surface area contributed by atoms with E-state index in [4.69, 9.17) is 10.4 Å². The molecule has 0 unspecified atom stereocenters. The van der Waals surface area contributed by atoms with E-state index in [-0.39, 0.29) is 0 Å². The predicted octanol–water partition coefficient (Wildman–Crippen LogP) is 1.37. The number of aryl methyl sites for hydroxylation is 1. The number of nitrogen functional groups attached to an aromatic ring is 1. The largest absolute Gasteiger partial charge is 0.334 e. The van der Waals surface area contributed by atoms with E-state index < -0.39 is 0 Å². The normalized spacial score (nSPS) is 10.4. The van der Waals surface area contributed by atoms with Gasteiger partial charge in [-0.3, -0.25) is 0 Å². The van der Waals surface area contributed by atoms with Gasteiger partial charge in [0.05, 0.1) is 5.56 Å². The van der Waals surface area contributed by atoms with Crippen LogP contribution in [0.25, 0.3) is 11.5 Å². The highest BCUT2D eigenvalue weighted by molar-refractivity contribution is 5.67. The second-order valence-corrected chi connectivity index (χ2v) is 3.31. The van der Waals surface area contributed by atoms with Gasteiger partial charge in [-0.05, 0) is 18.6 Å². The fourth-order valence-corrected chi connectivity index (χ4v) is 1.38. The van der Waals surface area contributed by atoms with Crippen LogP contribution >= 0.6 is 0 Å². The summed E-state index contributed by atoms with van der Waals surface area (Å²) in [5.74, 6) is 7.01. The predicted molar refractivity (Wildman–Crippen MR) is 59.3 cm³/mol. The molecule has 0 saturated heterocycles. The number of hydrazine groups is 1. The van der Waals surface area contributed by atoms with Crippen molar-refractivity contribution < 1.29 is 4.52 Å². The molecule has 0 aliphatic rings. The highest BCUT2D eigenvalue weighted by atomic mass is 16.5. The lowest BCUT2D eigenvalue weighted by atomic mass is 10.2. The van der Waals surface area contributed by atoms with E-state index in [9.17, 15) is 0 Å². The molecule has 0 atom stereocenters. The SMILES string of the molecule is CCCc1noc(-c2cccnc2NN)n1. The molecule has 6 nitrogen and oxygen atoms in total. The highest BCUT2D eigenvalue weighted by Gasteiger charge is 2.12. The zero-order valence-corrected chi connectivity index (χ0v) is 8.97. The summed E-state index contributed by atoms with van der Waals surface area (Å²) in [5.41, 5.74) is 3.20. The Morgan fingerprint density at radius 2 is 2.38 bits per heavy atom. The van der Waals surface area contributed by atoms with Crippen molar-refractivity contribution in [3.63, 3.8) is 0 Å². The minimum absolute atomic E-state index is 0.435. The van der Waals surface area contributed by atoms with Crippen molar-refractivity contribution in [2.75, 3.05) is 5.43 Å². The van der Waals surface area contributed by atoms with Crippen LogP contribution in [0.3, 0.4) is 0 Å². The zero-order valence-electron chi connectivity index (χ0n) is 8.97. The number of anilines is 1. The standard InChI is InChI=1S/C10H13N5O/c1-2-4-8-13-10(16-15-8)7-5-3-6-12-9(7)14-11/h3,5-6H,2,4,11H2,1H3,(H,12,14). The van der Waals surface area contributed by atoms with Crippen LogP contribution in [0, 0.1) is 0 Å². The number of hydrogen-bond acceptors (Lipinski definition) is 6. The van der Waals surface area contributed by atoms with Gasteiger partial charge >= 0.3 is 0 Å². The summed E-state index contributed by atoms with van der Waals surface area (Å²) in [4.78, 5) is 8.33. The van der Waals surface area contributed by atoms with E-state index in [0.29, 0.717) is 23.1 Å². The third kappa shape index (κ3) is 2.01. The lowest BCUT2D eigenvalue weighted by molar-refractivity contribution is 0.422. The Kier molecular flexibility index (Phi) is 3.11. The van der Waals surface area contributed by atoms with E-state index in [0.717, 1.165) is 12.8 Å². The summed E-state index contributed by atoms with van der Waals surface area (Å²) in [6, 6.07) is 3.62. The number of pyridine rings is 1. The van der Waals surface area contributed by atoms with E-state index in [1.807, 2.05) is 6.07 Å². The van der Waals surface area contributed by atoms with Crippen molar-refractivity contribution in [2.24, 2.45) is 5.84 Å². The van der Waals surface area contributed by atoms with E-state index >= 15 is 0 Å². The molecular weight excluding hydrogens is 206 g/mol. The molecule has 0 saturated carbocycles. The van der Waals surface area contributed by atoms with Crippen LogP contribution in [0.5, 0.6) is 0 Å². The summed E-state index contributed by atoms with van der Waals surface area (Å²) in [6.07, 6.45) is 3.42. The third-order valence-corrected chi connectivity index (χ3v) is 2.12. The third-order valence-electron chi connectivity index (χ3n) is 2.12. The number of nitrogens with zero attached hydrogens (tertiary/aromatic N) is 3. The topological polar surface area (TPSA) is 89.9 Å². The molecule has 0 spiro atoms. The van der Waals surface area contributed by atoms with Crippen molar-refractivity contribution in [1.82, 2.24) is 15.1 Å². The van der Waals surface area contributed by atoms with Gasteiger partial charge in [0.1, 0.15) is 0 Å². The summed E-state index contributed by atoms with van der Waals surface area (Å²) in [6.45, 7) is 2.06. The average molecular weight is 219 g/mol. The summed E-state index contributed by atoms with van der Waals surface area (Å²) in [5, 5.41) is 3.88. The molecule has 0 aliphatic carbocycles. The van der Waals surface area contributed by atoms with Gasteiger partial charge in [0.2, 0.25) is 0 Å². The van der Waals surface area contributed by atoms with Crippen molar-refractivity contribution in [1.29, 1.82) is 0 Å². The Labute approximate surface area is 92.8 Å². The van der Waals surface area contributed by atoms with E-state index in [1.54, 1.807) is 12.3 Å². The zero-order chi connectivity index (χ0) is 11.4. The minimum Gasteiger partial charge on any atom is -0.334 e. The molecule has 16 heavy (non-hydrogen) atoms. The second kappa shape index (κ2) is 4.71. The first kappa shape index (κ1) is 10.6. The minimum atomic E-state index is 0.435. The molecule has 0 bridgehead atoms. The Morgan fingerprint density at radius 3 is 3.12 bits per heavy atom. The first-order chi connectivity index (χ1) is 7.85. The Hall–Kier alpha value is -1.95. The smallest absolute Gasteiger partial charge is 0.261 e. The molecule has 2 aromatic heterocycles. The Balaban J connectivity index is 2.34. The molecule has 84 valence electrons. The van der Waals surface area contributed by atoms with Gasteiger partial charge in [-0.25, -0.2) is 10.8 Å². The molecule has 0 amide bonds. The van der Waals surface area contributed by atoms with Crippen LogP contribution in [0.2, 0.25) is 0 Å². The first-order valence-corrected chi connectivity index (χ1v) is 5.09. The molecule has 6 heteroatoms. The highest BCUT2D eigenvalue weighted by Crippen LogP contribution is 2.23. The number of nitrogens with one attached hydrogen (secondary N) is 1. The van der Waals surface area contributed by atoms with Crippen LogP contribution in [0.4, 0.5) is 5.82 Å². The Bertz CT molecular complexity index is 468. The van der Waals surface area contributed by atoms with Gasteiger partial charge in [0.15, 0.2) is 11.6 Å². The van der Waals surface area contributed by atoms with Crippen LogP contribution in [0.15, 0.2) is 22.9 Å². The second-order valence-electron chi connectivity index (χ2n) is 3.31. The van der Waals surface area contributed by atoms with Gasteiger partial charge in [-0.2, -0.15) is 4.98 Å². The van der Waals surface area contributed by atoms with Crippen molar-refractivity contribution in [2.45, 2.75) is 19.8 Å². The summed E-state index contributed by atoms with van der Waals surface area (Å²) in [7, 11) is 0. The number of rotatable bonds is 4. The fraction of sp³-hybridized carbons (Fsp3) is 0.300. The van der Waals surface area contributed by atoms with Gasteiger partial charge in [0, 0.05) is 12.6 Å².